The summed E-state index contributed by atoms with van der Waals surface area (Å²) in [6.07, 6.45) is 2.01. The van der Waals surface area contributed by atoms with Crippen LogP contribution in [0.25, 0.3) is 0 Å². The lowest BCUT2D eigenvalue weighted by Crippen LogP contribution is -2.46. The molecule has 0 spiro atoms. The second kappa shape index (κ2) is 8.84. The van der Waals surface area contributed by atoms with Gasteiger partial charge in [-0.2, -0.15) is 4.31 Å². The van der Waals surface area contributed by atoms with E-state index in [0.29, 0.717) is 19.4 Å². The Morgan fingerprint density at radius 1 is 1.18 bits per heavy atom. The molecule has 1 saturated heterocycles. The number of amides is 1. The molecule has 2 aromatic rings. The van der Waals surface area contributed by atoms with Crippen molar-refractivity contribution in [3.05, 3.63) is 66.0 Å². The molecule has 1 aliphatic heterocycles. The zero-order valence-corrected chi connectivity index (χ0v) is 16.7. The van der Waals surface area contributed by atoms with E-state index in [1.807, 2.05) is 37.3 Å². The molecule has 7 heteroatoms. The summed E-state index contributed by atoms with van der Waals surface area (Å²) in [6, 6.07) is 14.4. The van der Waals surface area contributed by atoms with E-state index in [2.05, 4.69) is 5.32 Å². The molecular formula is C21H25FN2O3S. The number of piperidine rings is 1. The Kier molecular flexibility index (Phi) is 6.46. The minimum Gasteiger partial charge on any atom is -0.349 e. The van der Waals surface area contributed by atoms with Crippen LogP contribution in [0.2, 0.25) is 0 Å². The first-order chi connectivity index (χ1) is 13.4. The van der Waals surface area contributed by atoms with E-state index in [4.69, 9.17) is 0 Å². The second-order valence-corrected chi connectivity index (χ2v) is 8.97. The van der Waals surface area contributed by atoms with Crippen LogP contribution in [-0.2, 0) is 14.8 Å². The van der Waals surface area contributed by atoms with E-state index < -0.39 is 21.8 Å². The number of carbonyl (C=O) groups excluding carboxylic acids is 1. The number of hydrogen-bond donors (Lipinski definition) is 1. The number of sulfonamides is 1. The van der Waals surface area contributed by atoms with E-state index >= 15 is 0 Å². The molecule has 2 aromatic carbocycles. The van der Waals surface area contributed by atoms with Gasteiger partial charge in [0.05, 0.1) is 16.9 Å². The highest BCUT2D eigenvalue weighted by molar-refractivity contribution is 7.89. The van der Waals surface area contributed by atoms with Gasteiger partial charge in [-0.25, -0.2) is 12.8 Å². The summed E-state index contributed by atoms with van der Waals surface area (Å²) < 4.78 is 40.1. The number of halogens is 1. The summed E-state index contributed by atoms with van der Waals surface area (Å²) >= 11 is 0. The number of nitrogens with one attached hydrogen (secondary N) is 1. The average Bonchev–Trinajstić information content (AvgIpc) is 2.73. The van der Waals surface area contributed by atoms with Crippen LogP contribution in [0, 0.1) is 11.7 Å². The normalized spacial score (nSPS) is 19.1. The standard InChI is InChI=1S/C21H25FN2O3S/c1-2-20(16-7-4-3-5-8-16)23-21(25)17-9-6-14-24(15-17)28(26,27)19-12-10-18(22)11-13-19/h3-5,7-8,10-13,17,20H,2,6,9,14-15H2,1H3,(H,23,25)/t17-,20-/m1/s1. The lowest BCUT2D eigenvalue weighted by Gasteiger charge is -2.32. The fourth-order valence-corrected chi connectivity index (χ4v) is 5.05. The van der Waals surface area contributed by atoms with Crippen LogP contribution in [0.4, 0.5) is 4.39 Å². The molecule has 28 heavy (non-hydrogen) atoms. The molecule has 0 unspecified atom stereocenters. The largest absolute Gasteiger partial charge is 0.349 e. The van der Waals surface area contributed by atoms with Crippen molar-refractivity contribution in [1.29, 1.82) is 0 Å². The van der Waals surface area contributed by atoms with E-state index in [1.165, 1.54) is 16.4 Å². The predicted octanol–water partition coefficient (Wildman–Crippen LogP) is 3.49. The Hall–Kier alpha value is -2.25. The fourth-order valence-electron chi connectivity index (χ4n) is 3.53. The summed E-state index contributed by atoms with van der Waals surface area (Å²) in [5.41, 5.74) is 1.03. The van der Waals surface area contributed by atoms with E-state index in [-0.39, 0.29) is 23.4 Å². The van der Waals surface area contributed by atoms with Crippen molar-refractivity contribution in [3.63, 3.8) is 0 Å². The summed E-state index contributed by atoms with van der Waals surface area (Å²) in [5, 5.41) is 3.06. The lowest BCUT2D eigenvalue weighted by atomic mass is 9.97. The van der Waals surface area contributed by atoms with Crippen LogP contribution in [-0.4, -0.2) is 31.7 Å². The summed E-state index contributed by atoms with van der Waals surface area (Å²) in [7, 11) is -3.74. The Morgan fingerprint density at radius 3 is 2.50 bits per heavy atom. The van der Waals surface area contributed by atoms with Gasteiger partial charge in [0.2, 0.25) is 15.9 Å². The molecule has 2 atom stereocenters. The maximum absolute atomic E-state index is 13.1. The van der Waals surface area contributed by atoms with E-state index in [0.717, 1.165) is 24.1 Å². The predicted molar refractivity (Wildman–Crippen MR) is 105 cm³/mol. The van der Waals surface area contributed by atoms with Crippen LogP contribution in [0.1, 0.15) is 37.8 Å². The van der Waals surface area contributed by atoms with Gasteiger partial charge in [-0.1, -0.05) is 37.3 Å². The van der Waals surface area contributed by atoms with Crippen molar-refractivity contribution in [3.8, 4) is 0 Å². The van der Waals surface area contributed by atoms with Crippen molar-refractivity contribution >= 4 is 15.9 Å². The molecular weight excluding hydrogens is 379 g/mol. The van der Waals surface area contributed by atoms with Crippen LogP contribution in [0.15, 0.2) is 59.5 Å². The van der Waals surface area contributed by atoms with Gasteiger partial charge in [0.15, 0.2) is 0 Å². The fraction of sp³-hybridized carbons (Fsp3) is 0.381. The lowest BCUT2D eigenvalue weighted by molar-refractivity contribution is -0.126. The first-order valence-electron chi connectivity index (χ1n) is 9.53. The first-order valence-corrected chi connectivity index (χ1v) is 11.0. The molecule has 1 heterocycles. The van der Waals surface area contributed by atoms with Crippen LogP contribution in [0.3, 0.4) is 0 Å². The van der Waals surface area contributed by atoms with Crippen molar-refractivity contribution in [1.82, 2.24) is 9.62 Å². The average molecular weight is 405 g/mol. The van der Waals surface area contributed by atoms with Crippen molar-refractivity contribution in [2.75, 3.05) is 13.1 Å². The van der Waals surface area contributed by atoms with Gasteiger partial charge in [0.25, 0.3) is 0 Å². The highest BCUT2D eigenvalue weighted by Gasteiger charge is 2.33. The molecule has 0 radical (unpaired) electrons. The van der Waals surface area contributed by atoms with Gasteiger partial charge < -0.3 is 5.32 Å². The van der Waals surface area contributed by atoms with Crippen molar-refractivity contribution in [2.45, 2.75) is 37.1 Å². The monoisotopic (exact) mass is 404 g/mol. The Labute approximate surface area is 165 Å². The highest BCUT2D eigenvalue weighted by Crippen LogP contribution is 2.25. The smallest absolute Gasteiger partial charge is 0.243 e. The maximum atomic E-state index is 13.1. The van der Waals surface area contributed by atoms with Crippen molar-refractivity contribution in [2.24, 2.45) is 5.92 Å². The number of carbonyl (C=O) groups is 1. The molecule has 1 aliphatic rings. The van der Waals surface area contributed by atoms with Gasteiger partial charge in [-0.05, 0) is 49.1 Å². The quantitative estimate of drug-likeness (QED) is 0.801. The van der Waals surface area contributed by atoms with E-state index in [1.54, 1.807) is 0 Å². The van der Waals surface area contributed by atoms with Crippen LogP contribution in [0.5, 0.6) is 0 Å². The van der Waals surface area contributed by atoms with E-state index in [9.17, 15) is 17.6 Å². The molecule has 150 valence electrons. The molecule has 1 fully saturated rings. The topological polar surface area (TPSA) is 66.5 Å². The summed E-state index contributed by atoms with van der Waals surface area (Å²) in [6.45, 7) is 2.50. The first kappa shape index (κ1) is 20.5. The number of benzene rings is 2. The summed E-state index contributed by atoms with van der Waals surface area (Å²) in [5.74, 6) is -1.02. The maximum Gasteiger partial charge on any atom is 0.243 e. The SMILES string of the molecule is CC[C@@H](NC(=O)[C@@H]1CCCN(S(=O)(=O)c2ccc(F)cc2)C1)c1ccccc1. The van der Waals surface area contributed by atoms with Gasteiger partial charge in [-0.15, -0.1) is 0 Å². The third-order valence-corrected chi connectivity index (χ3v) is 7.01. The molecule has 0 bridgehead atoms. The van der Waals surface area contributed by atoms with Crippen LogP contribution >= 0.6 is 0 Å². The number of rotatable bonds is 6. The molecule has 0 saturated carbocycles. The third kappa shape index (κ3) is 4.59. The minimum absolute atomic E-state index is 0.0469. The zero-order valence-electron chi connectivity index (χ0n) is 15.8. The Balaban J connectivity index is 1.70. The minimum atomic E-state index is -3.74. The van der Waals surface area contributed by atoms with Gasteiger partial charge in [0.1, 0.15) is 5.82 Å². The van der Waals surface area contributed by atoms with Crippen LogP contribution < -0.4 is 5.32 Å². The van der Waals surface area contributed by atoms with Gasteiger partial charge in [0, 0.05) is 13.1 Å². The molecule has 5 nitrogen and oxygen atoms in total. The number of hydrogen-bond acceptors (Lipinski definition) is 3. The summed E-state index contributed by atoms with van der Waals surface area (Å²) in [4.78, 5) is 12.9. The third-order valence-electron chi connectivity index (χ3n) is 5.13. The Bertz CT molecular complexity index is 901. The molecule has 1 N–H and O–H groups in total. The molecule has 1 amide bonds. The molecule has 0 aromatic heterocycles. The van der Waals surface area contributed by atoms with Crippen molar-refractivity contribution < 1.29 is 17.6 Å². The molecule has 0 aliphatic carbocycles. The van der Waals surface area contributed by atoms with Gasteiger partial charge in [-0.3, -0.25) is 4.79 Å². The second-order valence-electron chi connectivity index (χ2n) is 7.04. The number of nitrogens with zero attached hydrogens (tertiary/aromatic N) is 1. The molecule has 3 rings (SSSR count). The van der Waals surface area contributed by atoms with Gasteiger partial charge >= 0.3 is 0 Å². The zero-order chi connectivity index (χ0) is 20.1. The highest BCUT2D eigenvalue weighted by atomic mass is 32.2. The Morgan fingerprint density at radius 2 is 1.86 bits per heavy atom.